The largest absolute Gasteiger partial charge is 0.394 e. The average Bonchev–Trinajstić information content (AvgIpc) is 2.57. The third kappa shape index (κ3) is 3.22. The molecule has 0 spiro atoms. The molecule has 1 aromatic rings. The minimum Gasteiger partial charge on any atom is -0.394 e. The summed E-state index contributed by atoms with van der Waals surface area (Å²) in [5.74, 6) is 0. The van der Waals surface area contributed by atoms with Crippen molar-refractivity contribution >= 4 is 11.5 Å². The highest BCUT2D eigenvalue weighted by Crippen LogP contribution is 1.95. The van der Waals surface area contributed by atoms with Crippen LogP contribution < -0.4 is 5.32 Å². The quantitative estimate of drug-likeness (QED) is 0.552. The Bertz CT molecular complexity index is 205. The number of hydrogen-bond acceptors (Lipinski definition) is 6. The molecule has 0 fully saturated rings. The van der Waals surface area contributed by atoms with Crippen molar-refractivity contribution in [1.82, 2.24) is 14.9 Å². The van der Waals surface area contributed by atoms with Gasteiger partial charge >= 0.3 is 0 Å². The zero-order chi connectivity index (χ0) is 8.81. The molecule has 12 heavy (non-hydrogen) atoms. The molecule has 0 amide bonds. The molecule has 1 unspecified atom stereocenters. The number of aliphatic hydroxyl groups is 2. The molecule has 0 aliphatic heterocycles. The monoisotopic (exact) mass is 189 g/mol. The number of rotatable bonds is 5. The predicted octanol–water partition coefficient (Wildman–Crippen LogP) is -1.02. The van der Waals surface area contributed by atoms with E-state index < -0.39 is 6.10 Å². The van der Waals surface area contributed by atoms with E-state index in [-0.39, 0.29) is 6.61 Å². The van der Waals surface area contributed by atoms with E-state index in [2.05, 4.69) is 14.9 Å². The summed E-state index contributed by atoms with van der Waals surface area (Å²) in [6, 6.07) is 0. The molecule has 0 saturated heterocycles. The van der Waals surface area contributed by atoms with E-state index in [1.807, 2.05) is 5.38 Å². The zero-order valence-electron chi connectivity index (χ0n) is 6.47. The predicted molar refractivity (Wildman–Crippen MR) is 44.7 cm³/mol. The Labute approximate surface area is 74.2 Å². The van der Waals surface area contributed by atoms with Crippen molar-refractivity contribution in [3.05, 3.63) is 11.1 Å². The lowest BCUT2D eigenvalue weighted by Gasteiger charge is -2.06. The zero-order valence-corrected chi connectivity index (χ0v) is 7.29. The van der Waals surface area contributed by atoms with Crippen LogP contribution in [-0.2, 0) is 6.54 Å². The summed E-state index contributed by atoms with van der Waals surface area (Å²) < 4.78 is 3.68. The summed E-state index contributed by atoms with van der Waals surface area (Å²) in [4.78, 5) is 0. The normalized spacial score (nSPS) is 13.2. The molecule has 1 heterocycles. The van der Waals surface area contributed by atoms with Gasteiger partial charge in [0.1, 0.15) is 0 Å². The second-order valence-electron chi connectivity index (χ2n) is 2.36. The van der Waals surface area contributed by atoms with Crippen molar-refractivity contribution in [2.75, 3.05) is 13.2 Å². The second-order valence-corrected chi connectivity index (χ2v) is 2.97. The molecule has 68 valence electrons. The van der Waals surface area contributed by atoms with Gasteiger partial charge in [0, 0.05) is 18.5 Å². The van der Waals surface area contributed by atoms with Crippen molar-refractivity contribution in [3.8, 4) is 0 Å². The standard InChI is InChI=1S/C6H11N3O2S/c10-3-6(11)2-7-1-5-4-12-9-8-5/h4,6-7,10-11H,1-3H2. The van der Waals surface area contributed by atoms with Crippen molar-refractivity contribution in [3.63, 3.8) is 0 Å². The summed E-state index contributed by atoms with van der Waals surface area (Å²) in [5.41, 5.74) is 0.852. The lowest BCUT2D eigenvalue weighted by molar-refractivity contribution is 0.0941. The third-order valence-corrected chi connectivity index (χ3v) is 1.86. The van der Waals surface area contributed by atoms with Gasteiger partial charge in [0.05, 0.1) is 18.4 Å². The molecule has 0 aromatic carbocycles. The van der Waals surface area contributed by atoms with Crippen LogP contribution in [0.3, 0.4) is 0 Å². The van der Waals surface area contributed by atoms with Crippen LogP contribution in [0.2, 0.25) is 0 Å². The molecular weight excluding hydrogens is 178 g/mol. The fourth-order valence-corrected chi connectivity index (χ4v) is 1.14. The van der Waals surface area contributed by atoms with Crippen LogP contribution in [0.15, 0.2) is 5.38 Å². The van der Waals surface area contributed by atoms with Gasteiger partial charge in [0.25, 0.3) is 0 Å². The average molecular weight is 189 g/mol. The molecule has 1 atom stereocenters. The van der Waals surface area contributed by atoms with E-state index in [1.54, 1.807) is 0 Å². The van der Waals surface area contributed by atoms with Crippen molar-refractivity contribution < 1.29 is 10.2 Å². The Morgan fingerprint density at radius 2 is 2.50 bits per heavy atom. The molecule has 0 radical (unpaired) electrons. The molecule has 0 aliphatic carbocycles. The first-order valence-electron chi connectivity index (χ1n) is 3.58. The van der Waals surface area contributed by atoms with E-state index in [1.165, 1.54) is 11.5 Å². The van der Waals surface area contributed by atoms with E-state index in [0.717, 1.165) is 5.69 Å². The fourth-order valence-electron chi connectivity index (χ4n) is 0.692. The number of nitrogens with zero attached hydrogens (tertiary/aromatic N) is 2. The van der Waals surface area contributed by atoms with E-state index in [9.17, 15) is 0 Å². The van der Waals surface area contributed by atoms with Gasteiger partial charge in [-0.1, -0.05) is 4.49 Å². The number of aromatic nitrogens is 2. The maximum atomic E-state index is 8.94. The van der Waals surface area contributed by atoms with Crippen LogP contribution in [0.25, 0.3) is 0 Å². The molecule has 5 nitrogen and oxygen atoms in total. The molecule has 0 saturated carbocycles. The highest BCUT2D eigenvalue weighted by molar-refractivity contribution is 7.03. The Kier molecular flexibility index (Phi) is 4.09. The third-order valence-electron chi connectivity index (χ3n) is 1.30. The Morgan fingerprint density at radius 1 is 1.67 bits per heavy atom. The maximum absolute atomic E-state index is 8.94. The molecule has 1 aromatic heterocycles. The van der Waals surface area contributed by atoms with Gasteiger partial charge < -0.3 is 15.5 Å². The molecule has 6 heteroatoms. The summed E-state index contributed by atoms with van der Waals surface area (Å²) in [7, 11) is 0. The van der Waals surface area contributed by atoms with Gasteiger partial charge in [-0.2, -0.15) is 0 Å². The Morgan fingerprint density at radius 3 is 3.08 bits per heavy atom. The van der Waals surface area contributed by atoms with E-state index in [0.29, 0.717) is 13.1 Å². The van der Waals surface area contributed by atoms with Gasteiger partial charge in [-0.15, -0.1) is 5.10 Å². The summed E-state index contributed by atoms with van der Waals surface area (Å²) in [6.07, 6.45) is -0.698. The lowest BCUT2D eigenvalue weighted by Crippen LogP contribution is -2.29. The molecular formula is C6H11N3O2S. The van der Waals surface area contributed by atoms with Crippen LogP contribution in [0, 0.1) is 0 Å². The van der Waals surface area contributed by atoms with Gasteiger partial charge in [-0.05, 0) is 11.5 Å². The first-order valence-corrected chi connectivity index (χ1v) is 4.42. The SMILES string of the molecule is OCC(O)CNCc1csnn1. The van der Waals surface area contributed by atoms with Crippen molar-refractivity contribution in [2.24, 2.45) is 0 Å². The highest BCUT2D eigenvalue weighted by atomic mass is 32.1. The smallest absolute Gasteiger partial charge is 0.0895 e. The molecule has 0 aliphatic rings. The minimum atomic E-state index is -0.698. The molecule has 1 rings (SSSR count). The lowest BCUT2D eigenvalue weighted by atomic mass is 10.3. The molecule has 3 N–H and O–H groups in total. The van der Waals surface area contributed by atoms with E-state index >= 15 is 0 Å². The summed E-state index contributed by atoms with van der Waals surface area (Å²) in [6.45, 7) is 0.726. The Balaban J connectivity index is 2.11. The topological polar surface area (TPSA) is 78.3 Å². The first-order chi connectivity index (χ1) is 5.83. The summed E-state index contributed by atoms with van der Waals surface area (Å²) >= 11 is 1.29. The van der Waals surface area contributed by atoms with Gasteiger partial charge in [-0.3, -0.25) is 0 Å². The number of nitrogens with one attached hydrogen (secondary N) is 1. The van der Waals surface area contributed by atoms with E-state index in [4.69, 9.17) is 10.2 Å². The minimum absolute atomic E-state index is 0.220. The van der Waals surface area contributed by atoms with Crippen LogP contribution in [0.5, 0.6) is 0 Å². The van der Waals surface area contributed by atoms with Crippen LogP contribution in [0.4, 0.5) is 0 Å². The van der Waals surface area contributed by atoms with Crippen LogP contribution in [-0.4, -0.2) is 39.1 Å². The Hall–Kier alpha value is -0.560. The summed E-state index contributed by atoms with van der Waals surface area (Å²) in [5, 5.41) is 26.0. The molecule has 0 bridgehead atoms. The van der Waals surface area contributed by atoms with Crippen LogP contribution >= 0.6 is 11.5 Å². The number of hydrogen-bond donors (Lipinski definition) is 3. The second kappa shape index (κ2) is 5.15. The first kappa shape index (κ1) is 9.53. The van der Waals surface area contributed by atoms with Crippen molar-refractivity contribution in [1.29, 1.82) is 0 Å². The van der Waals surface area contributed by atoms with Gasteiger partial charge in [0.15, 0.2) is 0 Å². The van der Waals surface area contributed by atoms with Crippen molar-refractivity contribution in [2.45, 2.75) is 12.6 Å². The van der Waals surface area contributed by atoms with Gasteiger partial charge in [0.2, 0.25) is 0 Å². The number of aliphatic hydroxyl groups excluding tert-OH is 2. The van der Waals surface area contributed by atoms with Crippen LogP contribution in [0.1, 0.15) is 5.69 Å². The highest BCUT2D eigenvalue weighted by Gasteiger charge is 2.01. The van der Waals surface area contributed by atoms with Gasteiger partial charge in [-0.25, -0.2) is 0 Å². The fraction of sp³-hybridized carbons (Fsp3) is 0.667. The maximum Gasteiger partial charge on any atom is 0.0895 e.